The van der Waals surface area contributed by atoms with E-state index >= 15 is 0 Å². The highest BCUT2D eigenvalue weighted by atomic mass is 19.1. The van der Waals surface area contributed by atoms with Crippen molar-refractivity contribution in [3.05, 3.63) is 66.5 Å². The normalized spacial score (nSPS) is 12.7. The molecule has 38 heavy (non-hydrogen) atoms. The summed E-state index contributed by atoms with van der Waals surface area (Å²) in [5, 5.41) is 0. The van der Waals surface area contributed by atoms with Crippen LogP contribution in [-0.2, 0) is 11.2 Å². The van der Waals surface area contributed by atoms with Gasteiger partial charge in [-0.3, -0.25) is 0 Å². The first-order valence-electron chi connectivity index (χ1n) is 14.4. The van der Waals surface area contributed by atoms with Crippen molar-refractivity contribution in [3.8, 4) is 28.3 Å². The lowest BCUT2D eigenvalue weighted by Crippen LogP contribution is -2.34. The lowest BCUT2D eigenvalue weighted by atomic mass is 9.99. The predicted molar refractivity (Wildman–Crippen MR) is 154 cm³/mol. The summed E-state index contributed by atoms with van der Waals surface area (Å²) in [6.45, 7) is 5.69. The maximum absolute atomic E-state index is 14.8. The number of alkyl halides is 1. The molecule has 3 aromatic rings. The van der Waals surface area contributed by atoms with E-state index in [0.29, 0.717) is 18.0 Å². The first kappa shape index (κ1) is 29.5. The van der Waals surface area contributed by atoms with Crippen LogP contribution in [0.25, 0.3) is 22.5 Å². The van der Waals surface area contributed by atoms with Crippen LogP contribution in [0, 0.1) is 0 Å². The van der Waals surface area contributed by atoms with Gasteiger partial charge in [0.25, 0.3) is 0 Å². The second kappa shape index (κ2) is 15.4. The number of nitrogens with zero attached hydrogens (tertiary/aromatic N) is 2. The van der Waals surface area contributed by atoms with E-state index in [0.717, 1.165) is 48.8 Å². The summed E-state index contributed by atoms with van der Waals surface area (Å²) in [7, 11) is 0. The van der Waals surface area contributed by atoms with Crippen molar-refractivity contribution in [1.29, 1.82) is 0 Å². The molecule has 0 aliphatic carbocycles. The summed E-state index contributed by atoms with van der Waals surface area (Å²) in [5.41, 5.74) is 2.11. The number of aromatic nitrogens is 2. The third kappa shape index (κ3) is 9.34. The fourth-order valence-corrected chi connectivity index (χ4v) is 4.47. The lowest BCUT2D eigenvalue weighted by Gasteiger charge is -2.18. The molecule has 0 spiro atoms. The molecule has 5 heteroatoms. The first-order valence-corrected chi connectivity index (χ1v) is 14.4. The highest BCUT2D eigenvalue weighted by Gasteiger charge is 2.34. The second-order valence-corrected chi connectivity index (χ2v) is 10.4. The quantitative estimate of drug-likeness (QED) is 0.108. The Hall–Kier alpha value is -3.08. The number of aryl methyl sites for hydroxylation is 1. The van der Waals surface area contributed by atoms with E-state index in [9.17, 15) is 9.18 Å². The molecule has 1 aromatic heterocycles. The van der Waals surface area contributed by atoms with Crippen LogP contribution in [0.15, 0.2) is 60.9 Å². The Kier molecular flexibility index (Phi) is 11.9. The maximum atomic E-state index is 14.8. The number of benzene rings is 2. The molecule has 0 saturated heterocycles. The minimum atomic E-state index is -1.98. The van der Waals surface area contributed by atoms with Crippen LogP contribution in [0.2, 0.25) is 0 Å². The molecule has 0 bridgehead atoms. The van der Waals surface area contributed by atoms with Crippen molar-refractivity contribution in [3.63, 3.8) is 0 Å². The summed E-state index contributed by atoms with van der Waals surface area (Å²) in [6.07, 6.45) is 16.3. The van der Waals surface area contributed by atoms with Crippen molar-refractivity contribution in [2.75, 3.05) is 0 Å². The number of esters is 1. The Morgan fingerprint density at radius 3 is 1.89 bits per heavy atom. The molecule has 3 rings (SSSR count). The van der Waals surface area contributed by atoms with Crippen molar-refractivity contribution in [1.82, 2.24) is 9.97 Å². The molecule has 2 aromatic carbocycles. The molecular weight excluding hydrogens is 475 g/mol. The Morgan fingerprint density at radius 1 is 0.737 bits per heavy atom. The van der Waals surface area contributed by atoms with Gasteiger partial charge in [0, 0.05) is 23.5 Å². The van der Waals surface area contributed by atoms with Gasteiger partial charge in [0.1, 0.15) is 5.75 Å². The number of hydrogen-bond acceptors (Lipinski definition) is 4. The average Bonchev–Trinajstić information content (AvgIpc) is 2.94. The lowest BCUT2D eigenvalue weighted by molar-refractivity contribution is -0.147. The van der Waals surface area contributed by atoms with Crippen molar-refractivity contribution in [2.24, 2.45) is 0 Å². The molecule has 0 N–H and O–H groups in total. The molecule has 4 nitrogen and oxygen atoms in total. The van der Waals surface area contributed by atoms with Gasteiger partial charge in [-0.1, -0.05) is 102 Å². The topological polar surface area (TPSA) is 52.1 Å². The van der Waals surface area contributed by atoms with Crippen LogP contribution < -0.4 is 4.74 Å². The summed E-state index contributed by atoms with van der Waals surface area (Å²) in [6, 6.07) is 15.5. The molecule has 0 aliphatic rings. The van der Waals surface area contributed by atoms with Gasteiger partial charge in [-0.2, -0.15) is 0 Å². The Balaban J connectivity index is 1.52. The van der Waals surface area contributed by atoms with Crippen molar-refractivity contribution in [2.45, 2.75) is 103 Å². The van der Waals surface area contributed by atoms with Gasteiger partial charge in [0.2, 0.25) is 5.67 Å². The molecule has 0 amide bonds. The van der Waals surface area contributed by atoms with E-state index in [1.54, 1.807) is 24.5 Å². The van der Waals surface area contributed by atoms with E-state index in [1.807, 2.05) is 12.1 Å². The zero-order valence-corrected chi connectivity index (χ0v) is 23.3. The largest absolute Gasteiger partial charge is 0.424 e. The number of carbonyl (C=O) groups is 1. The second-order valence-electron chi connectivity index (χ2n) is 10.4. The molecule has 0 saturated carbocycles. The van der Waals surface area contributed by atoms with Crippen LogP contribution in [-0.4, -0.2) is 21.6 Å². The number of hydrogen-bond donors (Lipinski definition) is 0. The first-order chi connectivity index (χ1) is 18.4. The number of carbonyl (C=O) groups excluding carboxylic acids is 1. The standard InChI is InChI=1S/C33H43FN2O2/c1-4-6-8-10-12-14-26-15-17-28(18-16-26)31-35-24-29(25-36-31)27-19-21-30(22-20-27)38-32(37)33(3,34)23-13-11-9-7-5-2/h15-22,24-25H,4-14,23H2,1-3H3. The van der Waals surface area contributed by atoms with Crippen LogP contribution in [0.1, 0.15) is 97.0 Å². The monoisotopic (exact) mass is 518 g/mol. The SMILES string of the molecule is CCCCCCCc1ccc(-c2ncc(-c3ccc(OC(=O)C(C)(F)CCCCCCC)cc3)cn2)cc1. The zero-order chi connectivity index (χ0) is 27.2. The van der Waals surface area contributed by atoms with Gasteiger partial charge >= 0.3 is 5.97 Å². The summed E-state index contributed by atoms with van der Waals surface area (Å²) >= 11 is 0. The van der Waals surface area contributed by atoms with Gasteiger partial charge in [-0.25, -0.2) is 19.2 Å². The molecule has 0 aliphatic heterocycles. The van der Waals surface area contributed by atoms with Crippen LogP contribution >= 0.6 is 0 Å². The Morgan fingerprint density at radius 2 is 1.29 bits per heavy atom. The number of unbranched alkanes of at least 4 members (excludes halogenated alkanes) is 8. The Labute approximate surface area is 228 Å². The summed E-state index contributed by atoms with van der Waals surface area (Å²) in [5.74, 6) is 0.179. The van der Waals surface area contributed by atoms with Gasteiger partial charge < -0.3 is 4.74 Å². The van der Waals surface area contributed by atoms with E-state index < -0.39 is 11.6 Å². The minimum Gasteiger partial charge on any atom is -0.424 e. The molecular formula is C33H43FN2O2. The van der Waals surface area contributed by atoms with Gasteiger partial charge in [-0.15, -0.1) is 0 Å². The van der Waals surface area contributed by atoms with E-state index in [1.165, 1.54) is 44.6 Å². The molecule has 1 atom stereocenters. The third-order valence-corrected chi connectivity index (χ3v) is 7.01. The molecule has 0 radical (unpaired) electrons. The average molecular weight is 519 g/mol. The predicted octanol–water partition coefficient (Wildman–Crippen LogP) is 9.32. The number of ether oxygens (including phenoxy) is 1. The smallest absolute Gasteiger partial charge is 0.348 e. The number of rotatable bonds is 16. The molecule has 0 fully saturated rings. The summed E-state index contributed by atoms with van der Waals surface area (Å²) < 4.78 is 20.2. The van der Waals surface area contributed by atoms with Crippen molar-refractivity contribution >= 4 is 5.97 Å². The zero-order valence-electron chi connectivity index (χ0n) is 23.3. The van der Waals surface area contributed by atoms with Gasteiger partial charge in [0.05, 0.1) is 0 Å². The molecule has 204 valence electrons. The molecule has 1 unspecified atom stereocenters. The maximum Gasteiger partial charge on any atom is 0.348 e. The third-order valence-electron chi connectivity index (χ3n) is 7.01. The highest BCUT2D eigenvalue weighted by Crippen LogP contribution is 2.26. The van der Waals surface area contributed by atoms with E-state index in [2.05, 4.69) is 48.1 Å². The fourth-order valence-electron chi connectivity index (χ4n) is 4.47. The van der Waals surface area contributed by atoms with Crippen molar-refractivity contribution < 1.29 is 13.9 Å². The van der Waals surface area contributed by atoms with Crippen LogP contribution in [0.4, 0.5) is 4.39 Å². The van der Waals surface area contributed by atoms with Crippen LogP contribution in [0.5, 0.6) is 5.75 Å². The summed E-state index contributed by atoms with van der Waals surface area (Å²) in [4.78, 5) is 21.5. The minimum absolute atomic E-state index is 0.180. The van der Waals surface area contributed by atoms with Gasteiger partial charge in [-0.05, 0) is 55.9 Å². The Bertz CT molecular complexity index is 1090. The van der Waals surface area contributed by atoms with E-state index in [-0.39, 0.29) is 6.42 Å². The fraction of sp³-hybridized carbons (Fsp3) is 0.485. The molecule has 1 heterocycles. The van der Waals surface area contributed by atoms with E-state index in [4.69, 9.17) is 4.74 Å². The van der Waals surface area contributed by atoms with Gasteiger partial charge in [0.15, 0.2) is 5.82 Å². The highest BCUT2D eigenvalue weighted by molar-refractivity contribution is 5.81. The number of halogens is 1. The van der Waals surface area contributed by atoms with Crippen LogP contribution in [0.3, 0.4) is 0 Å².